The van der Waals surface area contributed by atoms with Crippen molar-refractivity contribution < 1.29 is 9.53 Å². The van der Waals surface area contributed by atoms with E-state index in [0.717, 1.165) is 43.8 Å². The first-order valence-electron chi connectivity index (χ1n) is 8.22. The molecule has 1 saturated heterocycles. The SMILES string of the molecule is Cc1cccc2c1cnn2CCC(=O)NCCN1CCOCC1. The van der Waals surface area contributed by atoms with Crippen molar-refractivity contribution in [2.45, 2.75) is 19.9 Å². The van der Waals surface area contributed by atoms with Gasteiger partial charge in [-0.1, -0.05) is 12.1 Å². The third kappa shape index (κ3) is 4.09. The average Bonchev–Trinajstić information content (AvgIpc) is 2.98. The van der Waals surface area contributed by atoms with Crippen molar-refractivity contribution in [2.75, 3.05) is 39.4 Å². The number of carbonyl (C=O) groups excluding carboxylic acids is 1. The smallest absolute Gasteiger partial charge is 0.221 e. The van der Waals surface area contributed by atoms with Crippen LogP contribution in [0.2, 0.25) is 0 Å². The molecule has 0 aliphatic carbocycles. The van der Waals surface area contributed by atoms with Gasteiger partial charge < -0.3 is 10.1 Å². The van der Waals surface area contributed by atoms with Crippen molar-refractivity contribution in [1.29, 1.82) is 0 Å². The van der Waals surface area contributed by atoms with Gasteiger partial charge in [-0.25, -0.2) is 0 Å². The van der Waals surface area contributed by atoms with E-state index in [1.807, 2.05) is 23.0 Å². The highest BCUT2D eigenvalue weighted by molar-refractivity contribution is 5.82. The lowest BCUT2D eigenvalue weighted by Crippen LogP contribution is -2.41. The molecule has 1 fully saturated rings. The molecule has 1 aromatic heterocycles. The second-order valence-electron chi connectivity index (χ2n) is 5.93. The zero-order valence-electron chi connectivity index (χ0n) is 13.6. The highest BCUT2D eigenvalue weighted by Crippen LogP contribution is 2.17. The zero-order chi connectivity index (χ0) is 16.1. The monoisotopic (exact) mass is 316 g/mol. The van der Waals surface area contributed by atoms with Crippen molar-refractivity contribution in [1.82, 2.24) is 20.0 Å². The van der Waals surface area contributed by atoms with E-state index in [1.165, 1.54) is 5.56 Å². The zero-order valence-corrected chi connectivity index (χ0v) is 13.6. The van der Waals surface area contributed by atoms with Gasteiger partial charge in [-0.3, -0.25) is 14.4 Å². The Balaban J connectivity index is 1.44. The van der Waals surface area contributed by atoms with Crippen LogP contribution in [0.5, 0.6) is 0 Å². The molecule has 6 nitrogen and oxygen atoms in total. The first kappa shape index (κ1) is 16.0. The van der Waals surface area contributed by atoms with Gasteiger partial charge in [0.1, 0.15) is 0 Å². The van der Waals surface area contributed by atoms with Crippen LogP contribution in [0.1, 0.15) is 12.0 Å². The number of amides is 1. The van der Waals surface area contributed by atoms with E-state index in [-0.39, 0.29) is 5.91 Å². The lowest BCUT2D eigenvalue weighted by Gasteiger charge is -2.26. The molecule has 0 saturated carbocycles. The molecular formula is C17H24N4O2. The number of fused-ring (bicyclic) bond motifs is 1. The van der Waals surface area contributed by atoms with E-state index in [9.17, 15) is 4.79 Å². The maximum absolute atomic E-state index is 12.0. The van der Waals surface area contributed by atoms with E-state index >= 15 is 0 Å². The summed E-state index contributed by atoms with van der Waals surface area (Å²) in [6, 6.07) is 6.15. The summed E-state index contributed by atoms with van der Waals surface area (Å²) >= 11 is 0. The molecule has 23 heavy (non-hydrogen) atoms. The number of hydrogen-bond acceptors (Lipinski definition) is 4. The van der Waals surface area contributed by atoms with Gasteiger partial charge in [0.25, 0.3) is 0 Å². The molecule has 124 valence electrons. The largest absolute Gasteiger partial charge is 0.379 e. The Hall–Kier alpha value is -1.92. The van der Waals surface area contributed by atoms with Crippen molar-refractivity contribution in [3.8, 4) is 0 Å². The third-order valence-electron chi connectivity index (χ3n) is 4.31. The fourth-order valence-corrected chi connectivity index (χ4v) is 2.90. The van der Waals surface area contributed by atoms with Crippen LogP contribution in [-0.2, 0) is 16.1 Å². The Morgan fingerprint density at radius 3 is 2.96 bits per heavy atom. The summed E-state index contributed by atoms with van der Waals surface area (Å²) in [5.41, 5.74) is 2.30. The fourth-order valence-electron chi connectivity index (χ4n) is 2.90. The number of nitrogens with zero attached hydrogens (tertiary/aromatic N) is 3. The number of aromatic nitrogens is 2. The number of hydrogen-bond donors (Lipinski definition) is 1. The molecule has 2 heterocycles. The summed E-state index contributed by atoms with van der Waals surface area (Å²) < 4.78 is 7.22. The topological polar surface area (TPSA) is 59.4 Å². The number of carbonyl (C=O) groups is 1. The minimum absolute atomic E-state index is 0.0783. The molecule has 0 unspecified atom stereocenters. The molecule has 3 rings (SSSR count). The number of morpholine rings is 1. The van der Waals surface area contributed by atoms with Crippen LogP contribution in [0.3, 0.4) is 0 Å². The Morgan fingerprint density at radius 2 is 2.13 bits per heavy atom. The van der Waals surface area contributed by atoms with Gasteiger partial charge in [-0.05, 0) is 18.6 Å². The molecule has 1 aromatic carbocycles. The number of aryl methyl sites for hydroxylation is 2. The maximum atomic E-state index is 12.0. The van der Waals surface area contributed by atoms with Gasteiger partial charge in [-0.2, -0.15) is 5.10 Å². The lowest BCUT2D eigenvalue weighted by molar-refractivity contribution is -0.121. The standard InChI is InChI=1S/C17H24N4O2/c1-14-3-2-4-16-15(14)13-19-21(16)7-5-17(22)18-6-8-20-9-11-23-12-10-20/h2-4,13H,5-12H2,1H3,(H,18,22). The van der Waals surface area contributed by atoms with Gasteiger partial charge in [0.05, 0.1) is 31.5 Å². The van der Waals surface area contributed by atoms with Crippen LogP contribution in [0.25, 0.3) is 10.9 Å². The van der Waals surface area contributed by atoms with Gasteiger partial charge in [0.2, 0.25) is 5.91 Å². The Morgan fingerprint density at radius 1 is 1.30 bits per heavy atom. The highest BCUT2D eigenvalue weighted by atomic mass is 16.5. The van der Waals surface area contributed by atoms with Crippen molar-refractivity contribution in [2.24, 2.45) is 0 Å². The van der Waals surface area contributed by atoms with Crippen LogP contribution in [0, 0.1) is 6.92 Å². The van der Waals surface area contributed by atoms with E-state index in [1.54, 1.807) is 0 Å². The van der Waals surface area contributed by atoms with Crippen LogP contribution in [0.4, 0.5) is 0 Å². The molecule has 1 amide bonds. The molecule has 1 N–H and O–H groups in total. The van der Waals surface area contributed by atoms with Crippen molar-refractivity contribution in [3.05, 3.63) is 30.0 Å². The van der Waals surface area contributed by atoms with Gasteiger partial charge >= 0.3 is 0 Å². The molecule has 0 spiro atoms. The van der Waals surface area contributed by atoms with Crippen molar-refractivity contribution >= 4 is 16.8 Å². The fraction of sp³-hybridized carbons (Fsp3) is 0.529. The number of nitrogens with one attached hydrogen (secondary N) is 1. The lowest BCUT2D eigenvalue weighted by atomic mass is 10.1. The number of benzene rings is 1. The second kappa shape index (κ2) is 7.57. The van der Waals surface area contributed by atoms with Gasteiger partial charge in [0.15, 0.2) is 0 Å². The highest BCUT2D eigenvalue weighted by Gasteiger charge is 2.11. The molecule has 2 aromatic rings. The average molecular weight is 316 g/mol. The Bertz CT molecular complexity index is 662. The van der Waals surface area contributed by atoms with Crippen LogP contribution in [0.15, 0.2) is 24.4 Å². The molecule has 1 aliphatic rings. The summed E-state index contributed by atoms with van der Waals surface area (Å²) in [5, 5.41) is 8.54. The summed E-state index contributed by atoms with van der Waals surface area (Å²) in [7, 11) is 0. The number of ether oxygens (including phenoxy) is 1. The summed E-state index contributed by atoms with van der Waals surface area (Å²) in [4.78, 5) is 14.3. The van der Waals surface area contributed by atoms with E-state index in [2.05, 4.69) is 28.3 Å². The predicted molar refractivity (Wildman–Crippen MR) is 89.4 cm³/mol. The maximum Gasteiger partial charge on any atom is 0.221 e. The molecule has 6 heteroatoms. The molecule has 1 aliphatic heterocycles. The third-order valence-corrected chi connectivity index (χ3v) is 4.31. The number of rotatable bonds is 6. The first-order chi connectivity index (χ1) is 11.2. The van der Waals surface area contributed by atoms with Gasteiger partial charge in [-0.15, -0.1) is 0 Å². The van der Waals surface area contributed by atoms with Crippen molar-refractivity contribution in [3.63, 3.8) is 0 Å². The minimum atomic E-state index is 0.0783. The van der Waals surface area contributed by atoms with Crippen LogP contribution >= 0.6 is 0 Å². The molecule has 0 radical (unpaired) electrons. The molecular weight excluding hydrogens is 292 g/mol. The summed E-state index contributed by atoms with van der Waals surface area (Å²) in [6.07, 6.45) is 2.33. The Kier molecular flexibility index (Phi) is 5.25. The van der Waals surface area contributed by atoms with Gasteiger partial charge in [0, 0.05) is 38.0 Å². The minimum Gasteiger partial charge on any atom is -0.379 e. The van der Waals surface area contributed by atoms with E-state index in [4.69, 9.17) is 4.74 Å². The predicted octanol–water partition coefficient (Wildman–Crippen LogP) is 1.18. The quantitative estimate of drug-likeness (QED) is 0.869. The summed E-state index contributed by atoms with van der Waals surface area (Å²) in [5.74, 6) is 0.0783. The molecule has 0 atom stereocenters. The molecule has 0 bridgehead atoms. The summed E-state index contributed by atoms with van der Waals surface area (Å²) in [6.45, 7) is 7.75. The van der Waals surface area contributed by atoms with E-state index < -0.39 is 0 Å². The first-order valence-corrected chi connectivity index (χ1v) is 8.22. The van der Waals surface area contributed by atoms with E-state index in [0.29, 0.717) is 19.5 Å². The van der Waals surface area contributed by atoms with Crippen LogP contribution in [-0.4, -0.2) is 60.0 Å². The second-order valence-corrected chi connectivity index (χ2v) is 5.93. The Labute approximate surface area is 136 Å². The normalized spacial score (nSPS) is 15.9. The van der Waals surface area contributed by atoms with Crippen LogP contribution < -0.4 is 5.32 Å².